The number of ether oxygens (including phenoxy) is 1. The molecule has 0 spiro atoms. The van der Waals surface area contributed by atoms with Crippen molar-refractivity contribution < 1.29 is 13.9 Å². The Morgan fingerprint density at radius 1 is 1.11 bits per heavy atom. The predicted octanol–water partition coefficient (Wildman–Crippen LogP) is 3.10. The number of hydrogen-bond acceptors (Lipinski definition) is 4. The third kappa shape index (κ3) is 3.83. The minimum atomic E-state index is -0.459. The van der Waals surface area contributed by atoms with Crippen LogP contribution in [0.4, 0.5) is 15.8 Å². The fourth-order valence-electron chi connectivity index (χ4n) is 3.03. The van der Waals surface area contributed by atoms with E-state index in [0.29, 0.717) is 30.2 Å². The van der Waals surface area contributed by atoms with Crippen molar-refractivity contribution in [2.75, 3.05) is 36.5 Å². The minimum Gasteiger partial charge on any atom is -0.378 e. The number of nitrogens with one attached hydrogen (secondary N) is 1. The van der Waals surface area contributed by atoms with Crippen molar-refractivity contribution in [3.05, 3.63) is 72.3 Å². The first kappa shape index (κ1) is 17.2. The van der Waals surface area contributed by atoms with Crippen LogP contribution in [-0.2, 0) is 4.74 Å². The Kier molecular flexibility index (Phi) is 4.84. The van der Waals surface area contributed by atoms with E-state index in [4.69, 9.17) is 4.74 Å². The van der Waals surface area contributed by atoms with E-state index in [1.807, 2.05) is 12.1 Å². The highest BCUT2D eigenvalue weighted by Gasteiger charge is 2.13. The normalized spacial score (nSPS) is 14.2. The van der Waals surface area contributed by atoms with Gasteiger partial charge in [-0.1, -0.05) is 0 Å². The van der Waals surface area contributed by atoms with Gasteiger partial charge in [0, 0.05) is 42.4 Å². The molecule has 0 radical (unpaired) electrons. The first-order valence-electron chi connectivity index (χ1n) is 8.74. The number of carbonyl (C=O) groups excluding carboxylic acids is 1. The van der Waals surface area contributed by atoms with Gasteiger partial charge in [0.15, 0.2) is 5.82 Å². The van der Waals surface area contributed by atoms with Crippen LogP contribution in [0.3, 0.4) is 0 Å². The van der Waals surface area contributed by atoms with E-state index in [-0.39, 0.29) is 5.91 Å². The number of nitrogens with zero attached hydrogens (tertiary/aromatic N) is 3. The molecule has 1 amide bonds. The molecule has 0 bridgehead atoms. The van der Waals surface area contributed by atoms with Crippen molar-refractivity contribution in [3.63, 3.8) is 0 Å². The van der Waals surface area contributed by atoms with Gasteiger partial charge in [0.2, 0.25) is 0 Å². The van der Waals surface area contributed by atoms with Crippen molar-refractivity contribution in [2.45, 2.75) is 0 Å². The van der Waals surface area contributed by atoms with E-state index in [1.54, 1.807) is 42.7 Å². The van der Waals surface area contributed by atoms with Crippen molar-refractivity contribution in [3.8, 4) is 5.69 Å². The second kappa shape index (κ2) is 7.59. The highest BCUT2D eigenvalue weighted by atomic mass is 19.1. The second-order valence-electron chi connectivity index (χ2n) is 6.22. The lowest BCUT2D eigenvalue weighted by Crippen LogP contribution is -2.36. The van der Waals surface area contributed by atoms with Crippen LogP contribution in [0.5, 0.6) is 0 Å². The Balaban J connectivity index is 1.45. The Morgan fingerprint density at radius 3 is 2.56 bits per heavy atom. The molecule has 1 N–H and O–H groups in total. The van der Waals surface area contributed by atoms with Crippen molar-refractivity contribution >= 4 is 17.3 Å². The Bertz CT molecular complexity index is 920. The van der Waals surface area contributed by atoms with Gasteiger partial charge in [0.1, 0.15) is 5.69 Å². The SMILES string of the molecule is O=C(Nc1ccc(-n2cccn2)c(F)c1)c1ccc(N2CCOCC2)cc1. The number of aromatic nitrogens is 2. The highest BCUT2D eigenvalue weighted by Crippen LogP contribution is 2.20. The monoisotopic (exact) mass is 366 g/mol. The number of rotatable bonds is 4. The van der Waals surface area contributed by atoms with E-state index in [0.717, 1.165) is 18.8 Å². The van der Waals surface area contributed by atoms with Crippen LogP contribution in [0.2, 0.25) is 0 Å². The van der Waals surface area contributed by atoms with Crippen LogP contribution < -0.4 is 10.2 Å². The minimum absolute atomic E-state index is 0.283. The second-order valence-corrected chi connectivity index (χ2v) is 6.22. The molecule has 2 aromatic carbocycles. The Morgan fingerprint density at radius 2 is 1.89 bits per heavy atom. The van der Waals surface area contributed by atoms with Crippen LogP contribution in [0.1, 0.15) is 10.4 Å². The molecule has 0 atom stereocenters. The lowest BCUT2D eigenvalue weighted by molar-refractivity contribution is 0.102. The summed E-state index contributed by atoms with van der Waals surface area (Å²) in [6.45, 7) is 3.10. The summed E-state index contributed by atoms with van der Waals surface area (Å²) in [7, 11) is 0. The molecule has 1 saturated heterocycles. The smallest absolute Gasteiger partial charge is 0.255 e. The third-order valence-corrected chi connectivity index (χ3v) is 4.46. The summed E-state index contributed by atoms with van der Waals surface area (Å²) in [5.41, 5.74) is 2.30. The summed E-state index contributed by atoms with van der Waals surface area (Å²) >= 11 is 0. The van der Waals surface area contributed by atoms with Crippen LogP contribution >= 0.6 is 0 Å². The van der Waals surface area contributed by atoms with Crippen molar-refractivity contribution in [1.82, 2.24) is 9.78 Å². The number of morpholine rings is 1. The van der Waals surface area contributed by atoms with Gasteiger partial charge in [0.05, 0.1) is 13.2 Å². The molecule has 1 fully saturated rings. The predicted molar refractivity (Wildman–Crippen MR) is 101 cm³/mol. The lowest BCUT2D eigenvalue weighted by Gasteiger charge is -2.28. The van der Waals surface area contributed by atoms with E-state index >= 15 is 0 Å². The number of amides is 1. The van der Waals surface area contributed by atoms with E-state index in [9.17, 15) is 9.18 Å². The summed E-state index contributed by atoms with van der Waals surface area (Å²) < 4.78 is 21.1. The van der Waals surface area contributed by atoms with Crippen LogP contribution in [0.15, 0.2) is 60.9 Å². The third-order valence-electron chi connectivity index (χ3n) is 4.46. The molecule has 0 aliphatic carbocycles. The van der Waals surface area contributed by atoms with E-state index < -0.39 is 5.82 Å². The molecule has 3 aromatic rings. The molecule has 7 heteroatoms. The van der Waals surface area contributed by atoms with Gasteiger partial charge in [-0.25, -0.2) is 9.07 Å². The van der Waals surface area contributed by atoms with Gasteiger partial charge in [-0.05, 0) is 48.5 Å². The van der Waals surface area contributed by atoms with Gasteiger partial charge in [0.25, 0.3) is 5.91 Å². The van der Waals surface area contributed by atoms with E-state index in [1.165, 1.54) is 10.7 Å². The van der Waals surface area contributed by atoms with E-state index in [2.05, 4.69) is 15.3 Å². The standard InChI is InChI=1S/C20H19FN4O2/c21-18-14-16(4-7-19(18)25-9-1-8-22-25)23-20(26)15-2-5-17(6-3-15)24-10-12-27-13-11-24/h1-9,14H,10-13H2,(H,23,26). The molecule has 1 aliphatic heterocycles. The maximum absolute atomic E-state index is 14.3. The van der Waals surface area contributed by atoms with Crippen molar-refractivity contribution in [2.24, 2.45) is 0 Å². The first-order valence-corrected chi connectivity index (χ1v) is 8.74. The maximum Gasteiger partial charge on any atom is 0.255 e. The number of hydrogen-bond donors (Lipinski definition) is 1. The Hall–Kier alpha value is -3.19. The molecule has 1 aliphatic rings. The average molecular weight is 366 g/mol. The fourth-order valence-corrected chi connectivity index (χ4v) is 3.03. The van der Waals surface area contributed by atoms with Gasteiger partial charge in [-0.15, -0.1) is 0 Å². The molecule has 138 valence electrons. The van der Waals surface area contributed by atoms with Gasteiger partial charge in [-0.3, -0.25) is 4.79 Å². The molecule has 1 aromatic heterocycles. The topological polar surface area (TPSA) is 59.4 Å². The largest absolute Gasteiger partial charge is 0.378 e. The highest BCUT2D eigenvalue weighted by molar-refractivity contribution is 6.04. The summed E-state index contributed by atoms with van der Waals surface area (Å²) in [6, 6.07) is 13.6. The van der Waals surface area contributed by atoms with Gasteiger partial charge >= 0.3 is 0 Å². The van der Waals surface area contributed by atoms with Crippen LogP contribution in [-0.4, -0.2) is 42.0 Å². The average Bonchev–Trinajstić information content (AvgIpc) is 3.23. The Labute approximate surface area is 156 Å². The summed E-state index contributed by atoms with van der Waals surface area (Å²) in [6.07, 6.45) is 3.24. The molecule has 6 nitrogen and oxygen atoms in total. The number of benzene rings is 2. The van der Waals surface area contributed by atoms with Crippen LogP contribution in [0.25, 0.3) is 5.69 Å². The fraction of sp³-hybridized carbons (Fsp3) is 0.200. The number of anilines is 2. The number of carbonyl (C=O) groups is 1. The van der Waals surface area contributed by atoms with Crippen molar-refractivity contribution in [1.29, 1.82) is 0 Å². The number of halogens is 1. The molecular weight excluding hydrogens is 347 g/mol. The summed E-state index contributed by atoms with van der Waals surface area (Å²) in [5.74, 6) is -0.742. The summed E-state index contributed by atoms with van der Waals surface area (Å²) in [5, 5.41) is 6.74. The maximum atomic E-state index is 14.3. The zero-order valence-corrected chi connectivity index (χ0v) is 14.6. The molecule has 4 rings (SSSR count). The molecular formula is C20H19FN4O2. The first-order chi connectivity index (χ1) is 13.2. The molecule has 2 heterocycles. The van der Waals surface area contributed by atoms with Gasteiger partial charge < -0.3 is 15.0 Å². The van der Waals surface area contributed by atoms with Crippen LogP contribution in [0, 0.1) is 5.82 Å². The quantitative estimate of drug-likeness (QED) is 0.771. The summed E-state index contributed by atoms with van der Waals surface area (Å²) in [4.78, 5) is 14.7. The lowest BCUT2D eigenvalue weighted by atomic mass is 10.1. The zero-order chi connectivity index (χ0) is 18.6. The molecule has 0 unspecified atom stereocenters. The molecule has 27 heavy (non-hydrogen) atoms. The zero-order valence-electron chi connectivity index (χ0n) is 14.6. The molecule has 0 saturated carbocycles. The van der Waals surface area contributed by atoms with Gasteiger partial charge in [-0.2, -0.15) is 5.10 Å².